The normalized spacial score (nSPS) is 15.7. The van der Waals surface area contributed by atoms with Gasteiger partial charge in [-0.05, 0) is 50.7 Å². The highest BCUT2D eigenvalue weighted by molar-refractivity contribution is 8.29. The Morgan fingerprint density at radius 1 is 0.643 bits per heavy atom. The lowest BCUT2D eigenvalue weighted by molar-refractivity contribution is -0.124. The van der Waals surface area contributed by atoms with Gasteiger partial charge in [-0.25, -0.2) is 9.97 Å². The molecule has 2 aromatic carbocycles. The number of aryl methyl sites for hydroxylation is 2. The van der Waals surface area contributed by atoms with Gasteiger partial charge in [0.1, 0.15) is 8.64 Å². The Balaban J connectivity index is 0.867. The molecule has 0 spiro atoms. The van der Waals surface area contributed by atoms with Gasteiger partial charge in [0.15, 0.2) is 10.3 Å². The number of carbonyl (C=O) groups excluding carboxylic acids is 4. The number of thioether (sulfide) groups is 2. The number of nitrogens with zero attached hydrogens (tertiary/aromatic N) is 4. The van der Waals surface area contributed by atoms with E-state index >= 15 is 0 Å². The van der Waals surface area contributed by atoms with Crippen molar-refractivity contribution in [3.63, 3.8) is 0 Å². The average Bonchev–Trinajstić information content (AvgIpc) is 3.92. The molecule has 2 fully saturated rings. The number of anilines is 2. The van der Waals surface area contributed by atoms with Crippen LogP contribution in [-0.2, 0) is 32.0 Å². The molecule has 0 unspecified atom stereocenters. The minimum atomic E-state index is -0.281. The number of hydrogen-bond donors (Lipinski definition) is 2. The summed E-state index contributed by atoms with van der Waals surface area (Å²) < 4.78 is 0.827. The third-order valence-corrected chi connectivity index (χ3v) is 13.8. The second-order valence-corrected chi connectivity index (χ2v) is 19.1. The molecule has 6 rings (SSSR count). The van der Waals surface area contributed by atoms with Gasteiger partial charge in [0.05, 0.1) is 9.81 Å². The molecule has 10 nitrogen and oxygen atoms in total. The summed E-state index contributed by atoms with van der Waals surface area (Å²) >= 11 is 16.3. The van der Waals surface area contributed by atoms with Gasteiger partial charge in [-0.15, -0.1) is 22.7 Å². The predicted octanol–water partition coefficient (Wildman–Crippen LogP) is 9.03. The van der Waals surface area contributed by atoms with Gasteiger partial charge in [-0.2, -0.15) is 0 Å². The van der Waals surface area contributed by atoms with Gasteiger partial charge in [-0.3, -0.25) is 29.0 Å². The lowest BCUT2D eigenvalue weighted by atomic mass is 10.1. The first-order valence-corrected chi connectivity index (χ1v) is 22.5. The van der Waals surface area contributed by atoms with E-state index in [4.69, 9.17) is 24.4 Å². The van der Waals surface area contributed by atoms with Crippen molar-refractivity contribution >= 4 is 113 Å². The molecule has 0 bridgehead atoms. The van der Waals surface area contributed by atoms with Crippen LogP contribution in [0.2, 0.25) is 0 Å². The maximum Gasteiger partial charge on any atom is 0.267 e. The molecule has 2 saturated heterocycles. The minimum absolute atomic E-state index is 0.0882. The van der Waals surface area contributed by atoms with Crippen molar-refractivity contribution in [3.05, 3.63) is 103 Å². The van der Waals surface area contributed by atoms with Gasteiger partial charge < -0.3 is 10.6 Å². The van der Waals surface area contributed by atoms with Gasteiger partial charge >= 0.3 is 0 Å². The van der Waals surface area contributed by atoms with Gasteiger partial charge in [0, 0.05) is 60.9 Å². The monoisotopic (exact) mass is 862 g/mol. The van der Waals surface area contributed by atoms with E-state index < -0.39 is 0 Å². The smallest absolute Gasteiger partial charge is 0.267 e. The van der Waals surface area contributed by atoms with Crippen LogP contribution in [0.1, 0.15) is 83.4 Å². The van der Waals surface area contributed by atoms with E-state index in [0.29, 0.717) is 80.3 Å². The topological polar surface area (TPSA) is 125 Å². The summed E-state index contributed by atoms with van der Waals surface area (Å²) in [7, 11) is 0. The Morgan fingerprint density at radius 2 is 1.07 bits per heavy atom. The van der Waals surface area contributed by atoms with Crippen LogP contribution < -0.4 is 10.6 Å². The van der Waals surface area contributed by atoms with Crippen LogP contribution in [0.4, 0.5) is 10.3 Å². The molecule has 4 amide bonds. The number of carbonyl (C=O) groups is 4. The molecule has 0 radical (unpaired) electrons. The van der Waals surface area contributed by atoms with Gasteiger partial charge in [0.25, 0.3) is 11.8 Å². The fraction of sp³-hybridized carbons (Fsp3) is 0.350. The molecule has 2 aliphatic rings. The fourth-order valence-corrected chi connectivity index (χ4v) is 10.7. The van der Waals surface area contributed by atoms with Crippen LogP contribution in [0, 0.1) is 13.8 Å². The zero-order valence-corrected chi connectivity index (χ0v) is 36.0. The summed E-state index contributed by atoms with van der Waals surface area (Å²) in [5, 5.41) is 6.99. The lowest BCUT2D eigenvalue weighted by Gasteiger charge is -2.14. The standard InChI is InChI=1S/C40H42N6O4S6/c1-25-11-9-13-27(19-25)21-29-23-41-37(53-29)43-31(47)15-5-3-7-17-45-35(49)33(55-39(45)51)34-36(50)46(40(52)56-34)18-8-4-6-16-32(48)44-38-42-24-30(54-38)22-28-14-10-12-26(2)20-28/h9-14,19-20,23-24H,3-8,15-18,21-22H2,1-2H3,(H,41,43,47)(H,42,44,48). The molecule has 4 aromatic rings. The van der Waals surface area contributed by atoms with Crippen LogP contribution in [0.15, 0.2) is 70.7 Å². The molecule has 4 heterocycles. The molecule has 2 aliphatic heterocycles. The molecule has 2 N–H and O–H groups in total. The number of unbranched alkanes of at least 4 members (excludes halogenated alkanes) is 4. The first-order valence-electron chi connectivity index (χ1n) is 18.4. The van der Waals surface area contributed by atoms with Crippen molar-refractivity contribution < 1.29 is 19.2 Å². The van der Waals surface area contributed by atoms with E-state index in [2.05, 4.69) is 70.8 Å². The number of benzene rings is 2. The Bertz CT molecular complexity index is 2010. The van der Waals surface area contributed by atoms with E-state index in [1.165, 1.54) is 54.7 Å². The number of hydrogen-bond acceptors (Lipinski definition) is 12. The van der Waals surface area contributed by atoms with Crippen LogP contribution in [0.5, 0.6) is 0 Å². The lowest BCUT2D eigenvalue weighted by Crippen LogP contribution is -2.31. The first-order chi connectivity index (χ1) is 27.0. The number of nitrogens with one attached hydrogen (secondary N) is 2. The summed E-state index contributed by atoms with van der Waals surface area (Å²) in [6, 6.07) is 16.7. The zero-order chi connectivity index (χ0) is 39.6. The van der Waals surface area contributed by atoms with E-state index in [0.717, 1.165) is 59.0 Å². The first kappa shape index (κ1) is 41.8. The Kier molecular flexibility index (Phi) is 15.0. The van der Waals surface area contributed by atoms with E-state index in [1.54, 1.807) is 0 Å². The van der Waals surface area contributed by atoms with E-state index in [1.807, 2.05) is 24.5 Å². The van der Waals surface area contributed by atoms with Crippen molar-refractivity contribution in [1.82, 2.24) is 19.8 Å². The van der Waals surface area contributed by atoms with Gasteiger partial charge in [0.2, 0.25) is 11.8 Å². The van der Waals surface area contributed by atoms with E-state index in [-0.39, 0.29) is 23.6 Å². The molecule has 0 atom stereocenters. The van der Waals surface area contributed by atoms with Crippen molar-refractivity contribution in [2.45, 2.75) is 78.1 Å². The number of rotatable bonds is 18. The molecule has 292 valence electrons. The summed E-state index contributed by atoms with van der Waals surface area (Å²) in [5.74, 6) is -0.738. The predicted molar refractivity (Wildman–Crippen MR) is 237 cm³/mol. The molecule has 56 heavy (non-hydrogen) atoms. The SMILES string of the molecule is Cc1cccc(Cc2cnc(NC(=O)CCCCCN3C(=O)C(=C4SC(=S)N(CCCCCC(=O)Nc5ncc(Cc6cccc(C)c6)s5)C4=O)SC3=S)s2)c1. The van der Waals surface area contributed by atoms with Crippen LogP contribution in [0.3, 0.4) is 0 Å². The Labute approximate surface area is 354 Å². The number of aromatic nitrogens is 2. The molecule has 0 aliphatic carbocycles. The molecule has 2 aromatic heterocycles. The quantitative estimate of drug-likeness (QED) is 0.0569. The van der Waals surface area contributed by atoms with Crippen LogP contribution >= 0.6 is 70.6 Å². The second kappa shape index (κ2) is 20.1. The van der Waals surface area contributed by atoms with E-state index in [9.17, 15) is 19.2 Å². The number of thiazole rings is 2. The summed E-state index contributed by atoms with van der Waals surface area (Å²) in [6.45, 7) is 4.96. The number of amides is 4. The molecular weight excluding hydrogens is 821 g/mol. The second-order valence-electron chi connectivity index (χ2n) is 13.6. The number of thiocarbonyl (C=S) groups is 2. The minimum Gasteiger partial charge on any atom is -0.302 e. The maximum atomic E-state index is 13.4. The highest BCUT2D eigenvalue weighted by Gasteiger charge is 2.41. The van der Waals surface area contributed by atoms with Crippen LogP contribution in [0.25, 0.3) is 0 Å². The highest BCUT2D eigenvalue weighted by atomic mass is 32.2. The summed E-state index contributed by atoms with van der Waals surface area (Å²) in [5.41, 5.74) is 4.84. The highest BCUT2D eigenvalue weighted by Crippen LogP contribution is 2.42. The molecule has 16 heteroatoms. The third kappa shape index (κ3) is 11.6. The van der Waals surface area contributed by atoms with Gasteiger partial charge in [-0.1, -0.05) is 120 Å². The van der Waals surface area contributed by atoms with Crippen molar-refractivity contribution in [2.24, 2.45) is 0 Å². The molecular formula is C40H42N6O4S6. The average molecular weight is 863 g/mol. The Hall–Kier alpha value is -3.80. The summed E-state index contributed by atoms with van der Waals surface area (Å²) in [6.07, 6.45) is 10.00. The van der Waals surface area contributed by atoms with Crippen molar-refractivity contribution in [2.75, 3.05) is 23.7 Å². The summed E-state index contributed by atoms with van der Waals surface area (Å²) in [4.78, 5) is 66.5. The van der Waals surface area contributed by atoms with Crippen LogP contribution in [-0.4, -0.2) is 65.1 Å². The maximum absolute atomic E-state index is 13.4. The molecule has 0 saturated carbocycles. The largest absolute Gasteiger partial charge is 0.302 e. The van der Waals surface area contributed by atoms with Crippen molar-refractivity contribution in [1.29, 1.82) is 0 Å². The van der Waals surface area contributed by atoms with Crippen molar-refractivity contribution in [3.8, 4) is 0 Å². The third-order valence-electron chi connectivity index (χ3n) is 9.00. The zero-order valence-electron chi connectivity index (χ0n) is 31.1. The fourth-order valence-electron chi connectivity index (χ4n) is 6.22. The Morgan fingerprint density at radius 3 is 1.48 bits per heavy atom.